The van der Waals surface area contributed by atoms with Gasteiger partial charge in [-0.25, -0.2) is 0 Å². The van der Waals surface area contributed by atoms with E-state index < -0.39 is 0 Å². The lowest BCUT2D eigenvalue weighted by molar-refractivity contribution is 0.00708. The molecule has 0 N–H and O–H groups in total. The van der Waals surface area contributed by atoms with Crippen molar-refractivity contribution in [3.05, 3.63) is 56.8 Å². The lowest BCUT2D eigenvalue weighted by atomic mass is 10.0. The second-order valence-corrected chi connectivity index (χ2v) is 12.4. The number of aryl methyl sites for hydroxylation is 2. The highest BCUT2D eigenvalue weighted by Gasteiger charge is 2.20. The number of pyridine rings is 2. The van der Waals surface area contributed by atoms with Crippen LogP contribution in [-0.4, -0.2) is 115 Å². The van der Waals surface area contributed by atoms with Crippen LogP contribution in [0.4, 0.5) is 0 Å². The highest BCUT2D eigenvalue weighted by molar-refractivity contribution is 6.04. The van der Waals surface area contributed by atoms with Crippen LogP contribution < -0.4 is 29.8 Å². The Balaban J connectivity index is 1.32. The zero-order chi connectivity index (χ0) is 35.9. The summed E-state index contributed by atoms with van der Waals surface area (Å²) in [6.45, 7) is 6.12. The molecule has 7 rings (SSSR count). The van der Waals surface area contributed by atoms with Crippen molar-refractivity contribution in [2.75, 3.05) is 106 Å². The third kappa shape index (κ3) is 7.82. The molecule has 52 heavy (non-hydrogen) atoms. The van der Waals surface area contributed by atoms with Crippen molar-refractivity contribution in [2.45, 2.75) is 0 Å². The molecule has 0 saturated heterocycles. The van der Waals surface area contributed by atoms with Crippen LogP contribution in [0, 0.1) is 0 Å². The Kier molecular flexibility index (Phi) is 11.7. The standard InChI is InChI=1S/C38H44N2O12/c1-39-29-19-26-30(40(2)32-24-36-34(22-28(32)38(26)42)50-16-12-46-8-4-44-6-10-48-14-18-52-36)20-25(29)37(41)27-21-33-35(23-31(27)39)51-17-13-47-9-5-43-3-7-45-11-15-49-33/h19-24H,3-18H2,1-2H3. The molecule has 0 saturated carbocycles. The fraction of sp³-hybridized carbons (Fsp3) is 0.474. The molecule has 0 unspecified atom stereocenters. The molecule has 14 nitrogen and oxygen atoms in total. The predicted octanol–water partition coefficient (Wildman–Crippen LogP) is 3.34. The first kappa shape index (κ1) is 35.9. The topological polar surface area (TPSA) is 136 Å². The van der Waals surface area contributed by atoms with E-state index in [1.54, 1.807) is 36.4 Å². The van der Waals surface area contributed by atoms with Crippen molar-refractivity contribution < 1.29 is 47.4 Å². The van der Waals surface area contributed by atoms with Gasteiger partial charge in [0.05, 0.1) is 112 Å². The van der Waals surface area contributed by atoms with E-state index in [2.05, 4.69) is 0 Å². The summed E-state index contributed by atoms with van der Waals surface area (Å²) in [5, 5.41) is 1.83. The maximum absolute atomic E-state index is 14.2. The summed E-state index contributed by atoms with van der Waals surface area (Å²) in [6.07, 6.45) is 0. The Labute approximate surface area is 299 Å². The van der Waals surface area contributed by atoms with Crippen molar-refractivity contribution in [2.24, 2.45) is 14.1 Å². The zero-order valence-electron chi connectivity index (χ0n) is 29.6. The van der Waals surface area contributed by atoms with E-state index in [9.17, 15) is 9.59 Å². The first-order valence-corrected chi connectivity index (χ1v) is 17.6. The molecular weight excluding hydrogens is 676 g/mol. The number of benzene rings is 3. The summed E-state index contributed by atoms with van der Waals surface area (Å²) in [6, 6.07) is 10.6. The average molecular weight is 721 g/mol. The van der Waals surface area contributed by atoms with Gasteiger partial charge in [-0.05, 0) is 24.3 Å². The SMILES string of the molecule is Cn1c2cc3c(cc2c(=O)c2cc4c(cc21)c(=O)c1cc2c(cc1n4C)OCCOCCOCCOCCO2)OCCOCCOCCOCCO3. The molecule has 5 aromatic rings. The highest BCUT2D eigenvalue weighted by atomic mass is 16.6. The summed E-state index contributed by atoms with van der Waals surface area (Å²) in [4.78, 5) is 28.5. The molecule has 0 spiro atoms. The summed E-state index contributed by atoms with van der Waals surface area (Å²) < 4.78 is 61.7. The minimum absolute atomic E-state index is 0.194. The first-order chi connectivity index (χ1) is 25.5. The highest BCUT2D eigenvalue weighted by Crippen LogP contribution is 2.35. The van der Waals surface area contributed by atoms with E-state index in [1.807, 2.05) is 23.2 Å². The number of hydrogen-bond donors (Lipinski definition) is 0. The molecule has 278 valence electrons. The smallest absolute Gasteiger partial charge is 0.197 e. The van der Waals surface area contributed by atoms with Crippen LogP contribution in [0.1, 0.15) is 0 Å². The van der Waals surface area contributed by atoms with E-state index in [-0.39, 0.29) is 37.3 Å². The fourth-order valence-corrected chi connectivity index (χ4v) is 6.44. The van der Waals surface area contributed by atoms with Gasteiger partial charge in [-0.1, -0.05) is 0 Å². The second kappa shape index (κ2) is 16.9. The van der Waals surface area contributed by atoms with Gasteiger partial charge in [0.1, 0.15) is 26.4 Å². The van der Waals surface area contributed by atoms with Crippen LogP contribution in [0.5, 0.6) is 23.0 Å². The normalized spacial score (nSPS) is 18.0. The maximum Gasteiger partial charge on any atom is 0.197 e. The monoisotopic (exact) mass is 720 g/mol. The van der Waals surface area contributed by atoms with Crippen LogP contribution >= 0.6 is 0 Å². The van der Waals surface area contributed by atoms with E-state index in [0.29, 0.717) is 146 Å². The molecule has 14 heteroatoms. The second-order valence-electron chi connectivity index (χ2n) is 12.4. The van der Waals surface area contributed by atoms with E-state index >= 15 is 0 Å². The molecule has 0 aliphatic carbocycles. The van der Waals surface area contributed by atoms with Crippen LogP contribution in [-0.2, 0) is 42.5 Å². The Hall–Kier alpha value is -4.44. The van der Waals surface area contributed by atoms with Gasteiger partial charge < -0.3 is 56.5 Å². The first-order valence-electron chi connectivity index (χ1n) is 17.6. The fourth-order valence-electron chi connectivity index (χ4n) is 6.44. The molecule has 0 radical (unpaired) electrons. The number of rotatable bonds is 0. The summed E-state index contributed by atoms with van der Waals surface area (Å²) in [5.41, 5.74) is 2.08. The summed E-state index contributed by atoms with van der Waals surface area (Å²) >= 11 is 0. The molecule has 4 heterocycles. The average Bonchev–Trinajstić information content (AvgIpc) is 3.17. The number of ether oxygens (including phenoxy) is 10. The number of hydrogen-bond acceptors (Lipinski definition) is 12. The minimum Gasteiger partial charge on any atom is -0.487 e. The van der Waals surface area contributed by atoms with Crippen LogP contribution in [0.3, 0.4) is 0 Å². The predicted molar refractivity (Wildman–Crippen MR) is 194 cm³/mol. The quantitative estimate of drug-likeness (QED) is 0.217. The van der Waals surface area contributed by atoms with Gasteiger partial charge in [0.2, 0.25) is 0 Å². The summed E-state index contributed by atoms with van der Waals surface area (Å²) in [5.74, 6) is 1.81. The molecule has 2 aliphatic heterocycles. The maximum atomic E-state index is 14.2. The number of aromatic nitrogens is 2. The lowest BCUT2D eigenvalue weighted by Crippen LogP contribution is -2.15. The van der Waals surface area contributed by atoms with Gasteiger partial charge >= 0.3 is 0 Å². The number of fused-ring (bicyclic) bond motifs is 6. The van der Waals surface area contributed by atoms with Crippen LogP contribution in [0.25, 0.3) is 43.6 Å². The van der Waals surface area contributed by atoms with Gasteiger partial charge in [0, 0.05) is 37.0 Å². The molecule has 2 aromatic heterocycles. The van der Waals surface area contributed by atoms with Crippen molar-refractivity contribution in [3.63, 3.8) is 0 Å². The van der Waals surface area contributed by atoms with Crippen molar-refractivity contribution in [1.29, 1.82) is 0 Å². The Morgan fingerprint density at radius 3 is 0.885 bits per heavy atom. The Bertz CT molecular complexity index is 2010. The molecule has 0 bridgehead atoms. The lowest BCUT2D eigenvalue weighted by Gasteiger charge is -2.18. The molecule has 0 fully saturated rings. The van der Waals surface area contributed by atoms with Gasteiger partial charge in [-0.2, -0.15) is 0 Å². The molecule has 0 atom stereocenters. The van der Waals surface area contributed by atoms with Gasteiger partial charge in [0.15, 0.2) is 33.9 Å². The molecule has 3 aromatic carbocycles. The van der Waals surface area contributed by atoms with Crippen molar-refractivity contribution >= 4 is 43.6 Å². The van der Waals surface area contributed by atoms with Gasteiger partial charge in [0.25, 0.3) is 0 Å². The van der Waals surface area contributed by atoms with E-state index in [0.717, 1.165) is 0 Å². The summed E-state index contributed by atoms with van der Waals surface area (Å²) in [7, 11) is 3.74. The molecule has 2 aliphatic rings. The third-order valence-electron chi connectivity index (χ3n) is 9.09. The van der Waals surface area contributed by atoms with Gasteiger partial charge in [-0.3, -0.25) is 9.59 Å². The Morgan fingerprint density at radius 1 is 0.346 bits per heavy atom. The van der Waals surface area contributed by atoms with Crippen molar-refractivity contribution in [1.82, 2.24) is 9.13 Å². The zero-order valence-corrected chi connectivity index (χ0v) is 29.6. The largest absolute Gasteiger partial charge is 0.487 e. The van der Waals surface area contributed by atoms with E-state index in [1.165, 1.54) is 0 Å². The number of nitrogens with zero attached hydrogens (tertiary/aromatic N) is 2. The van der Waals surface area contributed by atoms with Crippen molar-refractivity contribution in [3.8, 4) is 23.0 Å². The third-order valence-corrected chi connectivity index (χ3v) is 9.09. The van der Waals surface area contributed by atoms with Crippen LogP contribution in [0.15, 0.2) is 46.0 Å². The Morgan fingerprint density at radius 2 is 0.577 bits per heavy atom. The van der Waals surface area contributed by atoms with Gasteiger partial charge in [-0.15, -0.1) is 0 Å². The molecular formula is C38H44N2O12. The van der Waals surface area contributed by atoms with Crippen LogP contribution in [0.2, 0.25) is 0 Å². The minimum atomic E-state index is -0.194. The van der Waals surface area contributed by atoms with E-state index in [4.69, 9.17) is 47.4 Å². The molecule has 0 amide bonds.